The van der Waals surface area contributed by atoms with Gasteiger partial charge in [0.05, 0.1) is 11.5 Å². The van der Waals surface area contributed by atoms with Crippen LogP contribution in [0.4, 0.5) is 0 Å². The summed E-state index contributed by atoms with van der Waals surface area (Å²) in [6.45, 7) is 6.30. The summed E-state index contributed by atoms with van der Waals surface area (Å²) in [7, 11) is 11.2. The number of rotatable bonds is 1. The van der Waals surface area contributed by atoms with E-state index < -0.39 is 18.0 Å². The van der Waals surface area contributed by atoms with E-state index in [1.54, 1.807) is 0 Å². The number of furan rings is 1. The fraction of sp³-hybridized carbons (Fsp3) is 0.143. The van der Waals surface area contributed by atoms with Gasteiger partial charge in [0.1, 0.15) is 0 Å². The number of halogens is 2. The zero-order chi connectivity index (χ0) is 18.9. The van der Waals surface area contributed by atoms with Crippen LogP contribution in [-0.4, -0.2) is 5.43 Å². The first-order valence-corrected chi connectivity index (χ1v) is 20.9. The van der Waals surface area contributed by atoms with Gasteiger partial charge >= 0.3 is 53.5 Å². The molecule has 5 heteroatoms. The predicted octanol–water partition coefficient (Wildman–Crippen LogP) is 7.70. The van der Waals surface area contributed by atoms with Crippen LogP contribution in [0.2, 0.25) is 13.1 Å². The fourth-order valence-corrected chi connectivity index (χ4v) is 2.20. The van der Waals surface area contributed by atoms with Crippen LogP contribution in [0.25, 0.3) is 22.1 Å². The Morgan fingerprint density at radius 1 is 0.962 bits per heavy atom. The topological polar surface area (TPSA) is 13.1 Å². The molecule has 0 aliphatic heterocycles. The second kappa shape index (κ2) is 11.1. The third-order valence-corrected chi connectivity index (χ3v) is 23.3. The smallest absolute Gasteiger partial charge is 0.0896 e. The first kappa shape index (κ1) is 21.4. The van der Waals surface area contributed by atoms with Crippen molar-refractivity contribution in [1.29, 1.82) is 0 Å². The van der Waals surface area contributed by atoms with Crippen molar-refractivity contribution >= 4 is 33.2 Å². The first-order valence-electron chi connectivity index (χ1n) is 8.35. The Kier molecular flexibility index (Phi) is 9.15. The van der Waals surface area contributed by atoms with Gasteiger partial charge in [-0.15, -0.1) is 29.0 Å². The van der Waals surface area contributed by atoms with E-state index in [-0.39, 0.29) is 5.43 Å². The number of hydrogen-bond acceptors (Lipinski definition) is 1. The van der Waals surface area contributed by atoms with Crippen molar-refractivity contribution in [2.24, 2.45) is 0 Å². The molecule has 4 aromatic rings. The van der Waals surface area contributed by atoms with E-state index >= 15 is 0 Å². The molecule has 0 atom stereocenters. The van der Waals surface area contributed by atoms with Crippen molar-refractivity contribution in [1.82, 2.24) is 0 Å². The number of fused-ring (bicyclic) bond motifs is 1. The second-order valence-electron chi connectivity index (χ2n) is 6.01. The van der Waals surface area contributed by atoms with Crippen LogP contribution in [0.1, 0.15) is 5.76 Å². The predicted molar refractivity (Wildman–Crippen MR) is 113 cm³/mol. The maximum atomic E-state index is 5.62. The third kappa shape index (κ3) is 7.04. The maximum Gasteiger partial charge on any atom is 0.0896 e. The van der Waals surface area contributed by atoms with Crippen LogP contribution in [0.3, 0.4) is 0 Å². The Balaban J connectivity index is 0.000000183. The summed E-state index contributed by atoms with van der Waals surface area (Å²) in [4.78, 5) is 0. The van der Waals surface area contributed by atoms with E-state index in [1.807, 2.05) is 49.4 Å². The molecule has 26 heavy (non-hydrogen) atoms. The van der Waals surface area contributed by atoms with Crippen molar-refractivity contribution in [2.45, 2.75) is 20.0 Å². The van der Waals surface area contributed by atoms with Gasteiger partial charge in [-0.25, -0.2) is 12.1 Å². The quantitative estimate of drug-likeness (QED) is 0.201. The molecule has 0 fully saturated rings. The summed E-state index contributed by atoms with van der Waals surface area (Å²) in [5.74, 6) is 1.90. The van der Waals surface area contributed by atoms with Crippen molar-refractivity contribution < 1.29 is 22.4 Å². The molecule has 0 saturated heterocycles. The minimum absolute atomic E-state index is 0.224. The molecule has 0 N–H and O–H groups in total. The van der Waals surface area contributed by atoms with Crippen LogP contribution < -0.4 is 0 Å². The molecule has 0 bridgehead atoms. The Morgan fingerprint density at radius 2 is 1.62 bits per heavy atom. The molecule has 0 aliphatic carbocycles. The number of hydrogen-bond donors (Lipinski definition) is 0. The molecule has 0 aliphatic rings. The fourth-order valence-electron chi connectivity index (χ4n) is 2.20. The van der Waals surface area contributed by atoms with Gasteiger partial charge < -0.3 is 4.42 Å². The van der Waals surface area contributed by atoms with Crippen molar-refractivity contribution in [3.63, 3.8) is 0 Å². The summed E-state index contributed by atoms with van der Waals surface area (Å²) in [6.07, 6.45) is 0. The van der Waals surface area contributed by atoms with E-state index in [0.717, 1.165) is 17.1 Å². The van der Waals surface area contributed by atoms with Crippen LogP contribution in [-0.2, 0) is 18.0 Å². The summed E-state index contributed by atoms with van der Waals surface area (Å²) in [5, 5.41) is 2.53. The Labute approximate surface area is 170 Å². The minimum atomic E-state index is -1.65. The molecule has 1 nitrogen and oxygen atoms in total. The summed E-state index contributed by atoms with van der Waals surface area (Å²) < 4.78 is 5.60. The van der Waals surface area contributed by atoms with Crippen LogP contribution in [0.15, 0.2) is 83.3 Å². The molecule has 4 rings (SSSR count). The number of aryl methyl sites for hydroxylation is 1. The van der Waals surface area contributed by atoms with Crippen molar-refractivity contribution in [3.8, 4) is 11.3 Å². The van der Waals surface area contributed by atoms with Gasteiger partial charge in [-0.05, 0) is 19.1 Å². The summed E-state index contributed by atoms with van der Waals surface area (Å²) in [5.41, 5.74) is 0.933. The Hall–Kier alpha value is -0.860. The molecule has 0 amide bonds. The SMILES string of the molecule is C[Si](C)=[Zr]([Cl])[Cl].Cc1ccc(-c2cc3ccccc3[cH-]2)o1.c1cc[cH-]c1. The standard InChI is InChI=1S/C14H11O.C5H5.C2H6Si.2ClH.Zr/c1-10-6-7-14(15-10)13-8-11-4-2-3-5-12(11)9-13;1-2-4-5-3-1;1-3-2;;;/h2-9H,1H3;1-5H;1-2H3;2*1H;/q2*-1;;;;+2/p-2. The molecule has 1 aromatic heterocycles. The second-order valence-corrected chi connectivity index (χ2v) is 29.0. The largest absolute Gasteiger partial charge is 0.496 e. The molecule has 0 saturated carbocycles. The van der Waals surface area contributed by atoms with Crippen molar-refractivity contribution in [2.75, 3.05) is 0 Å². The van der Waals surface area contributed by atoms with Gasteiger partial charge in [-0.1, -0.05) is 23.8 Å². The zero-order valence-electron chi connectivity index (χ0n) is 15.2. The van der Waals surface area contributed by atoms with Crippen LogP contribution >= 0.6 is 17.0 Å². The van der Waals surface area contributed by atoms with E-state index in [4.69, 9.17) is 21.4 Å². The molecule has 0 unspecified atom stereocenters. The molecule has 0 radical (unpaired) electrons. The van der Waals surface area contributed by atoms with Gasteiger partial charge in [0.2, 0.25) is 0 Å². The summed E-state index contributed by atoms with van der Waals surface area (Å²) >= 11 is -1.65. The van der Waals surface area contributed by atoms with Gasteiger partial charge in [0.25, 0.3) is 0 Å². The molecule has 136 valence electrons. The Bertz CT molecular complexity index is 883. The molecule has 1 heterocycles. The zero-order valence-corrected chi connectivity index (χ0v) is 20.1. The van der Waals surface area contributed by atoms with Gasteiger partial charge in [-0.2, -0.15) is 18.2 Å². The average Bonchev–Trinajstić information content (AvgIpc) is 3.37. The maximum absolute atomic E-state index is 5.62. The molecule has 0 spiro atoms. The number of benzene rings is 1. The average molecular weight is 481 g/mol. The normalized spacial score (nSPS) is 9.73. The van der Waals surface area contributed by atoms with Crippen LogP contribution in [0, 0.1) is 6.92 Å². The van der Waals surface area contributed by atoms with Gasteiger partial charge in [0.15, 0.2) is 0 Å². The Morgan fingerprint density at radius 3 is 2.08 bits per heavy atom. The van der Waals surface area contributed by atoms with Gasteiger partial charge in [0, 0.05) is 0 Å². The van der Waals surface area contributed by atoms with E-state index in [2.05, 4.69) is 49.5 Å². The first-order chi connectivity index (χ1) is 12.5. The molecule has 3 aromatic carbocycles. The van der Waals surface area contributed by atoms with Crippen molar-refractivity contribution in [3.05, 3.63) is 84.6 Å². The minimum Gasteiger partial charge on any atom is -0.496 e. The monoisotopic (exact) mass is 478 g/mol. The molecular formula is C21H22Cl2OSiZr-2. The third-order valence-electron chi connectivity index (χ3n) is 3.58. The molecular weight excluding hydrogens is 458 g/mol. The van der Waals surface area contributed by atoms with Gasteiger partial charge in [-0.3, -0.25) is 0 Å². The summed E-state index contributed by atoms with van der Waals surface area (Å²) in [6, 6.07) is 26.7. The van der Waals surface area contributed by atoms with E-state index in [1.165, 1.54) is 10.8 Å². The van der Waals surface area contributed by atoms with Crippen LogP contribution in [0.5, 0.6) is 0 Å². The van der Waals surface area contributed by atoms with E-state index in [0.29, 0.717) is 0 Å². The van der Waals surface area contributed by atoms with E-state index in [9.17, 15) is 0 Å².